The standard InChI is InChI=1S/C16H12Cl2N2O2/c1-10-7-13(5-6-14(10)18)21-9-15-19-20-16(22-15)11-3-2-4-12(17)8-11/h2-8H,9H2,1H3. The van der Waals surface area contributed by atoms with Crippen LogP contribution in [0.15, 0.2) is 46.9 Å². The number of hydrogen-bond acceptors (Lipinski definition) is 4. The van der Waals surface area contributed by atoms with E-state index in [-0.39, 0.29) is 6.61 Å². The molecule has 0 aliphatic rings. The van der Waals surface area contributed by atoms with Gasteiger partial charge in [0.1, 0.15) is 5.75 Å². The number of aromatic nitrogens is 2. The number of aryl methyl sites for hydroxylation is 1. The average Bonchev–Trinajstić information content (AvgIpc) is 2.97. The minimum absolute atomic E-state index is 0.189. The Hall–Kier alpha value is -2.04. The average molecular weight is 335 g/mol. The molecule has 112 valence electrons. The smallest absolute Gasteiger partial charge is 0.254 e. The number of halogens is 2. The number of hydrogen-bond donors (Lipinski definition) is 0. The fraction of sp³-hybridized carbons (Fsp3) is 0.125. The molecule has 0 fully saturated rings. The van der Waals surface area contributed by atoms with Gasteiger partial charge in [-0.25, -0.2) is 0 Å². The third kappa shape index (κ3) is 3.40. The summed E-state index contributed by atoms with van der Waals surface area (Å²) in [4.78, 5) is 0. The first kappa shape index (κ1) is 14.9. The molecular weight excluding hydrogens is 323 g/mol. The second-order valence-electron chi connectivity index (χ2n) is 4.71. The van der Waals surface area contributed by atoms with Crippen molar-refractivity contribution in [3.63, 3.8) is 0 Å². The lowest BCUT2D eigenvalue weighted by molar-refractivity contribution is 0.264. The number of nitrogens with zero attached hydrogens (tertiary/aromatic N) is 2. The van der Waals surface area contributed by atoms with Crippen molar-refractivity contribution in [2.24, 2.45) is 0 Å². The van der Waals surface area contributed by atoms with Crippen LogP contribution in [0.1, 0.15) is 11.5 Å². The van der Waals surface area contributed by atoms with Gasteiger partial charge in [-0.1, -0.05) is 29.3 Å². The van der Waals surface area contributed by atoms with Crippen molar-refractivity contribution in [2.75, 3.05) is 0 Å². The van der Waals surface area contributed by atoms with E-state index >= 15 is 0 Å². The molecule has 3 aromatic rings. The second-order valence-corrected chi connectivity index (χ2v) is 5.55. The van der Waals surface area contributed by atoms with E-state index in [0.717, 1.165) is 11.1 Å². The van der Waals surface area contributed by atoms with E-state index in [9.17, 15) is 0 Å². The molecule has 0 amide bonds. The molecule has 22 heavy (non-hydrogen) atoms. The van der Waals surface area contributed by atoms with Gasteiger partial charge in [0.15, 0.2) is 6.61 Å². The Kier molecular flexibility index (Phi) is 4.32. The van der Waals surface area contributed by atoms with Gasteiger partial charge in [-0.2, -0.15) is 0 Å². The summed E-state index contributed by atoms with van der Waals surface area (Å²) in [5, 5.41) is 9.28. The van der Waals surface area contributed by atoms with Crippen molar-refractivity contribution in [1.82, 2.24) is 10.2 Å². The lowest BCUT2D eigenvalue weighted by atomic mass is 10.2. The van der Waals surface area contributed by atoms with E-state index in [1.807, 2.05) is 25.1 Å². The van der Waals surface area contributed by atoms with Crippen molar-refractivity contribution < 1.29 is 9.15 Å². The van der Waals surface area contributed by atoms with Gasteiger partial charge >= 0.3 is 0 Å². The first-order valence-electron chi connectivity index (χ1n) is 6.59. The molecule has 0 saturated carbocycles. The first-order valence-corrected chi connectivity index (χ1v) is 7.35. The molecule has 0 aliphatic carbocycles. The molecule has 0 aliphatic heterocycles. The lowest BCUT2D eigenvalue weighted by Crippen LogP contribution is -1.96. The van der Waals surface area contributed by atoms with E-state index in [4.69, 9.17) is 32.4 Å². The first-order chi connectivity index (χ1) is 10.6. The van der Waals surface area contributed by atoms with E-state index in [1.165, 1.54) is 0 Å². The number of benzene rings is 2. The molecule has 2 aromatic carbocycles. The van der Waals surface area contributed by atoms with Gasteiger partial charge in [0.05, 0.1) is 0 Å². The van der Waals surface area contributed by atoms with Gasteiger partial charge in [0.2, 0.25) is 5.89 Å². The molecule has 0 saturated heterocycles. The second kappa shape index (κ2) is 6.38. The van der Waals surface area contributed by atoms with Crippen molar-refractivity contribution in [1.29, 1.82) is 0 Å². The lowest BCUT2D eigenvalue weighted by Gasteiger charge is -2.05. The minimum atomic E-state index is 0.189. The third-order valence-corrected chi connectivity index (χ3v) is 3.69. The van der Waals surface area contributed by atoms with Crippen molar-refractivity contribution in [2.45, 2.75) is 13.5 Å². The van der Waals surface area contributed by atoms with Gasteiger partial charge < -0.3 is 9.15 Å². The summed E-state index contributed by atoms with van der Waals surface area (Å²) in [5.74, 6) is 1.50. The predicted octanol–water partition coefficient (Wildman–Crippen LogP) is 4.93. The van der Waals surface area contributed by atoms with Crippen LogP contribution in [0.25, 0.3) is 11.5 Å². The largest absolute Gasteiger partial charge is 0.484 e. The number of ether oxygens (including phenoxy) is 1. The monoisotopic (exact) mass is 334 g/mol. The summed E-state index contributed by atoms with van der Waals surface area (Å²) in [6.07, 6.45) is 0. The van der Waals surface area contributed by atoms with Gasteiger partial charge in [-0.15, -0.1) is 10.2 Å². The van der Waals surface area contributed by atoms with Gasteiger partial charge in [-0.05, 0) is 48.9 Å². The van der Waals surface area contributed by atoms with Gasteiger partial charge in [0, 0.05) is 15.6 Å². The van der Waals surface area contributed by atoms with Crippen molar-refractivity contribution in [3.8, 4) is 17.2 Å². The fourth-order valence-corrected chi connectivity index (χ4v) is 2.21. The van der Waals surface area contributed by atoms with Crippen LogP contribution in [0.4, 0.5) is 0 Å². The van der Waals surface area contributed by atoms with Crippen LogP contribution >= 0.6 is 23.2 Å². The highest BCUT2D eigenvalue weighted by Crippen LogP contribution is 2.23. The van der Waals surface area contributed by atoms with Crippen LogP contribution in [-0.4, -0.2) is 10.2 Å². The quantitative estimate of drug-likeness (QED) is 0.678. The Balaban J connectivity index is 1.70. The van der Waals surface area contributed by atoms with Crippen LogP contribution in [0.3, 0.4) is 0 Å². The SMILES string of the molecule is Cc1cc(OCc2nnc(-c3cccc(Cl)c3)o2)ccc1Cl. The van der Waals surface area contributed by atoms with Crippen LogP contribution < -0.4 is 4.74 Å². The molecule has 4 nitrogen and oxygen atoms in total. The maximum Gasteiger partial charge on any atom is 0.254 e. The molecule has 1 heterocycles. The highest BCUT2D eigenvalue weighted by molar-refractivity contribution is 6.31. The van der Waals surface area contributed by atoms with Crippen molar-refractivity contribution in [3.05, 3.63) is 64.0 Å². The molecule has 0 bridgehead atoms. The summed E-state index contributed by atoms with van der Waals surface area (Å²) in [6, 6.07) is 12.7. The molecule has 0 unspecified atom stereocenters. The Morgan fingerprint density at radius 2 is 1.95 bits per heavy atom. The highest BCUT2D eigenvalue weighted by atomic mass is 35.5. The minimum Gasteiger partial charge on any atom is -0.484 e. The summed E-state index contributed by atoms with van der Waals surface area (Å²) >= 11 is 11.9. The molecule has 0 spiro atoms. The zero-order chi connectivity index (χ0) is 15.5. The Labute approximate surface area is 137 Å². The van der Waals surface area contributed by atoms with Crippen LogP contribution in [0, 0.1) is 6.92 Å². The topological polar surface area (TPSA) is 48.2 Å². The Morgan fingerprint density at radius 1 is 1.09 bits per heavy atom. The molecule has 6 heteroatoms. The third-order valence-electron chi connectivity index (χ3n) is 3.03. The molecule has 3 rings (SSSR count). The molecule has 0 atom stereocenters. The summed E-state index contributed by atoms with van der Waals surface area (Å²) < 4.78 is 11.2. The van der Waals surface area contributed by atoms with Crippen LogP contribution in [-0.2, 0) is 6.61 Å². The maximum atomic E-state index is 5.97. The Bertz CT molecular complexity index is 802. The Morgan fingerprint density at radius 3 is 2.73 bits per heavy atom. The summed E-state index contributed by atoms with van der Waals surface area (Å²) in [7, 11) is 0. The molecule has 0 radical (unpaired) electrons. The van der Waals surface area contributed by atoms with Crippen LogP contribution in [0.2, 0.25) is 10.0 Å². The van der Waals surface area contributed by atoms with Crippen LogP contribution in [0.5, 0.6) is 5.75 Å². The predicted molar refractivity (Wildman–Crippen MR) is 85.3 cm³/mol. The molecule has 1 aromatic heterocycles. The fourth-order valence-electron chi connectivity index (χ4n) is 1.90. The molecule has 0 N–H and O–H groups in total. The highest BCUT2D eigenvalue weighted by Gasteiger charge is 2.09. The van der Waals surface area contributed by atoms with Crippen molar-refractivity contribution >= 4 is 23.2 Å². The summed E-state index contributed by atoms with van der Waals surface area (Å²) in [5.41, 5.74) is 1.72. The molecular formula is C16H12Cl2N2O2. The van der Waals surface area contributed by atoms with E-state index in [0.29, 0.717) is 27.6 Å². The summed E-state index contributed by atoms with van der Waals surface area (Å²) in [6.45, 7) is 2.10. The van der Waals surface area contributed by atoms with Gasteiger partial charge in [0.25, 0.3) is 5.89 Å². The normalized spacial score (nSPS) is 10.7. The zero-order valence-electron chi connectivity index (χ0n) is 11.7. The zero-order valence-corrected chi connectivity index (χ0v) is 13.2. The van der Waals surface area contributed by atoms with E-state index < -0.39 is 0 Å². The van der Waals surface area contributed by atoms with E-state index in [2.05, 4.69) is 10.2 Å². The maximum absolute atomic E-state index is 5.97. The van der Waals surface area contributed by atoms with E-state index in [1.54, 1.807) is 24.3 Å². The number of rotatable bonds is 4. The van der Waals surface area contributed by atoms with Gasteiger partial charge in [-0.3, -0.25) is 0 Å².